The molecule has 1 fully saturated rings. The number of hydrogen-bond acceptors (Lipinski definition) is 4. The Hall–Kier alpha value is -2.93. The summed E-state index contributed by atoms with van der Waals surface area (Å²) in [6, 6.07) is 13.0. The predicted molar refractivity (Wildman–Crippen MR) is 103 cm³/mol. The molecule has 0 unspecified atom stereocenters. The van der Waals surface area contributed by atoms with Gasteiger partial charge in [-0.1, -0.05) is 30.3 Å². The number of aryl methyl sites for hydroxylation is 1. The van der Waals surface area contributed by atoms with Gasteiger partial charge in [0.05, 0.1) is 24.9 Å². The third-order valence-corrected chi connectivity index (χ3v) is 4.56. The van der Waals surface area contributed by atoms with Crippen LogP contribution < -0.4 is 10.1 Å². The highest BCUT2D eigenvalue weighted by molar-refractivity contribution is 5.91. The van der Waals surface area contributed by atoms with E-state index in [0.717, 1.165) is 5.56 Å². The first-order chi connectivity index (χ1) is 13.5. The Morgan fingerprint density at radius 3 is 2.75 bits per heavy atom. The van der Waals surface area contributed by atoms with E-state index >= 15 is 0 Å². The van der Waals surface area contributed by atoms with Gasteiger partial charge in [-0.05, 0) is 30.7 Å². The summed E-state index contributed by atoms with van der Waals surface area (Å²) in [4.78, 5) is 26.6. The van der Waals surface area contributed by atoms with Crippen LogP contribution in [-0.4, -0.2) is 49.1 Å². The van der Waals surface area contributed by atoms with E-state index in [4.69, 9.17) is 9.47 Å². The molecule has 0 saturated carbocycles. The zero-order valence-electron chi connectivity index (χ0n) is 15.7. The number of nitrogens with zero attached hydrogens (tertiary/aromatic N) is 1. The molecule has 28 heavy (non-hydrogen) atoms. The van der Waals surface area contributed by atoms with Crippen LogP contribution in [0, 0.1) is 12.7 Å². The Labute approximate surface area is 163 Å². The van der Waals surface area contributed by atoms with Crippen LogP contribution in [0.2, 0.25) is 0 Å². The van der Waals surface area contributed by atoms with Gasteiger partial charge in [-0.2, -0.15) is 0 Å². The third kappa shape index (κ3) is 5.07. The number of nitrogens with one attached hydrogen (secondary N) is 1. The van der Waals surface area contributed by atoms with E-state index in [1.54, 1.807) is 23.1 Å². The number of morpholine rings is 1. The number of carbonyl (C=O) groups is 2. The van der Waals surface area contributed by atoms with Gasteiger partial charge in [0, 0.05) is 13.0 Å². The second-order valence-corrected chi connectivity index (χ2v) is 6.60. The van der Waals surface area contributed by atoms with Crippen LogP contribution in [0.1, 0.15) is 12.0 Å². The van der Waals surface area contributed by atoms with Crippen molar-refractivity contribution in [3.63, 3.8) is 0 Å². The number of para-hydroxylation sites is 2. The number of halogens is 1. The van der Waals surface area contributed by atoms with E-state index < -0.39 is 11.9 Å². The Bertz CT molecular complexity index is 843. The highest BCUT2D eigenvalue weighted by atomic mass is 19.1. The molecule has 2 aromatic rings. The van der Waals surface area contributed by atoms with Crippen molar-refractivity contribution in [2.45, 2.75) is 19.4 Å². The molecule has 6 nitrogen and oxygen atoms in total. The maximum Gasteiger partial charge on any atom is 0.260 e. The number of hydrogen-bond donors (Lipinski definition) is 1. The van der Waals surface area contributed by atoms with Crippen LogP contribution in [-0.2, 0) is 14.3 Å². The maximum atomic E-state index is 13.7. The number of amides is 2. The lowest BCUT2D eigenvalue weighted by molar-refractivity contribution is -0.143. The predicted octanol–water partition coefficient (Wildman–Crippen LogP) is 2.77. The monoisotopic (exact) mass is 386 g/mol. The first kappa shape index (κ1) is 19.8. The van der Waals surface area contributed by atoms with Gasteiger partial charge in [0.2, 0.25) is 5.91 Å². The van der Waals surface area contributed by atoms with Gasteiger partial charge < -0.3 is 19.7 Å². The lowest BCUT2D eigenvalue weighted by atomic mass is 10.1. The van der Waals surface area contributed by atoms with E-state index in [0.29, 0.717) is 18.9 Å². The van der Waals surface area contributed by atoms with Gasteiger partial charge in [-0.25, -0.2) is 4.39 Å². The molecule has 1 atom stereocenters. The number of ether oxygens (including phenoxy) is 2. The normalized spacial score (nSPS) is 16.5. The number of benzene rings is 2. The molecule has 2 aromatic carbocycles. The second kappa shape index (κ2) is 9.32. The smallest absolute Gasteiger partial charge is 0.260 e. The molecule has 1 aliphatic heterocycles. The molecule has 1 N–H and O–H groups in total. The summed E-state index contributed by atoms with van der Waals surface area (Å²) in [5, 5.41) is 2.54. The molecule has 148 valence electrons. The van der Waals surface area contributed by atoms with Gasteiger partial charge in [-0.15, -0.1) is 0 Å². The van der Waals surface area contributed by atoms with Gasteiger partial charge in [0.1, 0.15) is 11.6 Å². The molecule has 2 amide bonds. The number of rotatable bonds is 6. The van der Waals surface area contributed by atoms with E-state index in [-0.39, 0.29) is 37.1 Å². The minimum atomic E-state index is -0.504. The van der Waals surface area contributed by atoms with E-state index in [1.807, 2.05) is 25.1 Å². The fraction of sp³-hybridized carbons (Fsp3) is 0.333. The van der Waals surface area contributed by atoms with Crippen LogP contribution in [0.15, 0.2) is 48.5 Å². The Morgan fingerprint density at radius 1 is 1.21 bits per heavy atom. The topological polar surface area (TPSA) is 67.9 Å². The van der Waals surface area contributed by atoms with E-state index in [1.165, 1.54) is 12.1 Å². The first-order valence-electron chi connectivity index (χ1n) is 9.14. The summed E-state index contributed by atoms with van der Waals surface area (Å²) in [5.41, 5.74) is 1.06. The molecule has 0 bridgehead atoms. The molecule has 3 rings (SSSR count). The van der Waals surface area contributed by atoms with Crippen LogP contribution in [0.5, 0.6) is 5.75 Å². The maximum absolute atomic E-state index is 13.7. The zero-order valence-corrected chi connectivity index (χ0v) is 15.7. The highest BCUT2D eigenvalue weighted by Gasteiger charge is 2.29. The van der Waals surface area contributed by atoms with E-state index in [9.17, 15) is 14.0 Å². The Kier molecular flexibility index (Phi) is 6.60. The lowest BCUT2D eigenvalue weighted by Crippen LogP contribution is -2.51. The standard InChI is InChI=1S/C21H23FN2O4/c1-15-6-2-5-9-19(15)28-14-21(26)24-10-11-27-13-16(24)12-20(25)23-18-8-4-3-7-17(18)22/h2-9,16H,10-14H2,1H3,(H,23,25)/t16-/m1/s1. The minimum Gasteiger partial charge on any atom is -0.484 e. The molecule has 1 saturated heterocycles. The molecule has 7 heteroatoms. The van der Waals surface area contributed by atoms with Crippen molar-refractivity contribution < 1.29 is 23.5 Å². The van der Waals surface area contributed by atoms with Gasteiger partial charge in [-0.3, -0.25) is 9.59 Å². The minimum absolute atomic E-state index is 0.0183. The third-order valence-electron chi connectivity index (χ3n) is 4.56. The molecule has 0 aromatic heterocycles. The summed E-state index contributed by atoms with van der Waals surface area (Å²) in [5.74, 6) is -0.443. The fourth-order valence-corrected chi connectivity index (χ4v) is 3.07. The molecular formula is C21H23FN2O4. The Morgan fingerprint density at radius 2 is 1.96 bits per heavy atom. The molecule has 1 heterocycles. The number of carbonyl (C=O) groups excluding carboxylic acids is 2. The van der Waals surface area contributed by atoms with Crippen molar-refractivity contribution in [3.8, 4) is 5.75 Å². The van der Waals surface area contributed by atoms with Crippen molar-refractivity contribution in [2.75, 3.05) is 31.7 Å². The second-order valence-electron chi connectivity index (χ2n) is 6.60. The van der Waals surface area contributed by atoms with E-state index in [2.05, 4.69) is 5.32 Å². The van der Waals surface area contributed by atoms with Crippen molar-refractivity contribution in [1.29, 1.82) is 0 Å². The number of anilines is 1. The first-order valence-corrected chi connectivity index (χ1v) is 9.14. The van der Waals surface area contributed by atoms with Crippen LogP contribution in [0.25, 0.3) is 0 Å². The summed E-state index contributed by atoms with van der Waals surface area (Å²) < 4.78 is 24.8. The highest BCUT2D eigenvalue weighted by Crippen LogP contribution is 2.18. The molecule has 1 aliphatic rings. The quantitative estimate of drug-likeness (QED) is 0.829. The lowest BCUT2D eigenvalue weighted by Gasteiger charge is -2.35. The fourth-order valence-electron chi connectivity index (χ4n) is 3.07. The van der Waals surface area contributed by atoms with Crippen molar-refractivity contribution in [3.05, 3.63) is 59.9 Å². The van der Waals surface area contributed by atoms with Crippen molar-refractivity contribution >= 4 is 17.5 Å². The summed E-state index contributed by atoms with van der Waals surface area (Å²) in [6.07, 6.45) is 0.0183. The average Bonchev–Trinajstić information content (AvgIpc) is 2.69. The van der Waals surface area contributed by atoms with Gasteiger partial charge in [0.15, 0.2) is 6.61 Å². The largest absolute Gasteiger partial charge is 0.484 e. The molecule has 0 aliphatic carbocycles. The summed E-state index contributed by atoms with van der Waals surface area (Å²) in [6.45, 7) is 2.83. The zero-order chi connectivity index (χ0) is 19.9. The van der Waals surface area contributed by atoms with Crippen LogP contribution >= 0.6 is 0 Å². The summed E-state index contributed by atoms with van der Waals surface area (Å²) >= 11 is 0. The van der Waals surface area contributed by atoms with Crippen molar-refractivity contribution in [1.82, 2.24) is 4.90 Å². The Balaban J connectivity index is 1.58. The van der Waals surface area contributed by atoms with Crippen molar-refractivity contribution in [2.24, 2.45) is 0 Å². The van der Waals surface area contributed by atoms with Gasteiger partial charge in [0.25, 0.3) is 5.91 Å². The van der Waals surface area contributed by atoms with Crippen LogP contribution in [0.3, 0.4) is 0 Å². The molecule has 0 radical (unpaired) electrons. The van der Waals surface area contributed by atoms with Gasteiger partial charge >= 0.3 is 0 Å². The average molecular weight is 386 g/mol. The SMILES string of the molecule is Cc1ccccc1OCC(=O)N1CCOC[C@H]1CC(=O)Nc1ccccc1F. The summed E-state index contributed by atoms with van der Waals surface area (Å²) in [7, 11) is 0. The molecular weight excluding hydrogens is 363 g/mol. The molecule has 0 spiro atoms. The van der Waals surface area contributed by atoms with Crippen LogP contribution in [0.4, 0.5) is 10.1 Å².